The zero-order chi connectivity index (χ0) is 13.0. The van der Waals surface area contributed by atoms with Gasteiger partial charge in [0.2, 0.25) is 5.91 Å². The molecule has 1 aromatic carbocycles. The first-order valence-corrected chi connectivity index (χ1v) is 6.79. The van der Waals surface area contributed by atoms with E-state index in [0.29, 0.717) is 0 Å². The Balaban J connectivity index is 0.00000180. The van der Waals surface area contributed by atoms with Gasteiger partial charge in [-0.3, -0.25) is 4.79 Å². The molecule has 1 aliphatic heterocycles. The van der Waals surface area contributed by atoms with Crippen molar-refractivity contribution in [2.75, 3.05) is 11.9 Å². The van der Waals surface area contributed by atoms with E-state index in [9.17, 15) is 4.79 Å². The Morgan fingerprint density at radius 3 is 2.84 bits per heavy atom. The summed E-state index contributed by atoms with van der Waals surface area (Å²) in [5, 5.41) is 6.36. The Hall–Kier alpha value is -1.06. The van der Waals surface area contributed by atoms with Crippen molar-refractivity contribution in [3.63, 3.8) is 0 Å². The van der Waals surface area contributed by atoms with Gasteiger partial charge in [0.15, 0.2) is 0 Å². The zero-order valence-electron chi connectivity index (χ0n) is 11.7. The van der Waals surface area contributed by atoms with Crippen molar-refractivity contribution in [2.45, 2.75) is 45.1 Å². The number of nitrogens with one attached hydrogen (secondary N) is 2. The predicted molar refractivity (Wildman–Crippen MR) is 82.0 cm³/mol. The standard InChI is InChI=1S/C15H22N2O.ClH/c1-3-12-7-6-8-13(11-12)17-14(18)15(2)9-4-5-10-16-15;/h6-8,11,16H,3-5,9-10H2,1-2H3,(H,17,18);1H. The van der Waals surface area contributed by atoms with Crippen molar-refractivity contribution >= 4 is 24.0 Å². The molecule has 3 nitrogen and oxygen atoms in total. The number of carbonyl (C=O) groups excluding carboxylic acids is 1. The van der Waals surface area contributed by atoms with Gasteiger partial charge in [-0.1, -0.05) is 19.1 Å². The molecule has 1 aliphatic rings. The minimum absolute atomic E-state index is 0. The average molecular weight is 283 g/mol. The molecule has 0 saturated carbocycles. The van der Waals surface area contributed by atoms with Gasteiger partial charge in [0, 0.05) is 5.69 Å². The highest BCUT2D eigenvalue weighted by molar-refractivity contribution is 5.97. The molecule has 1 aromatic rings. The molecule has 0 bridgehead atoms. The number of hydrogen-bond donors (Lipinski definition) is 2. The predicted octanol–water partition coefficient (Wildman–Crippen LogP) is 3.14. The molecule has 4 heteroatoms. The molecular weight excluding hydrogens is 260 g/mol. The second-order valence-corrected chi connectivity index (χ2v) is 5.22. The smallest absolute Gasteiger partial charge is 0.244 e. The third kappa shape index (κ3) is 3.95. The van der Waals surface area contributed by atoms with Gasteiger partial charge in [0.1, 0.15) is 0 Å². The topological polar surface area (TPSA) is 41.1 Å². The highest BCUT2D eigenvalue weighted by atomic mass is 35.5. The molecular formula is C15H23ClN2O. The van der Waals surface area contributed by atoms with Gasteiger partial charge in [0.05, 0.1) is 5.54 Å². The number of piperidine rings is 1. The number of halogens is 1. The Kier molecular flexibility index (Phi) is 5.83. The van der Waals surface area contributed by atoms with E-state index < -0.39 is 5.54 Å². The molecule has 19 heavy (non-hydrogen) atoms. The van der Waals surface area contributed by atoms with Crippen LogP contribution < -0.4 is 10.6 Å². The van der Waals surface area contributed by atoms with Crippen molar-refractivity contribution in [2.24, 2.45) is 0 Å². The molecule has 1 saturated heterocycles. The summed E-state index contributed by atoms with van der Waals surface area (Å²) >= 11 is 0. The van der Waals surface area contributed by atoms with Crippen molar-refractivity contribution in [1.82, 2.24) is 5.32 Å². The van der Waals surface area contributed by atoms with Crippen LogP contribution in [0, 0.1) is 0 Å². The van der Waals surface area contributed by atoms with Gasteiger partial charge in [-0.15, -0.1) is 12.4 Å². The van der Waals surface area contributed by atoms with Crippen LogP contribution in [0.1, 0.15) is 38.7 Å². The largest absolute Gasteiger partial charge is 0.324 e. The van der Waals surface area contributed by atoms with Crippen LogP contribution in [-0.2, 0) is 11.2 Å². The van der Waals surface area contributed by atoms with Crippen LogP contribution in [-0.4, -0.2) is 18.0 Å². The lowest BCUT2D eigenvalue weighted by molar-refractivity contribution is -0.122. The summed E-state index contributed by atoms with van der Waals surface area (Å²) in [6.45, 7) is 5.04. The maximum atomic E-state index is 12.3. The fraction of sp³-hybridized carbons (Fsp3) is 0.533. The Labute approximate surface area is 121 Å². The van der Waals surface area contributed by atoms with Crippen LogP contribution in [0.4, 0.5) is 5.69 Å². The number of amides is 1. The van der Waals surface area contributed by atoms with E-state index in [4.69, 9.17) is 0 Å². The summed E-state index contributed by atoms with van der Waals surface area (Å²) in [6, 6.07) is 8.06. The van der Waals surface area contributed by atoms with E-state index in [0.717, 1.165) is 37.9 Å². The zero-order valence-corrected chi connectivity index (χ0v) is 12.5. The number of carbonyl (C=O) groups is 1. The van der Waals surface area contributed by atoms with Crippen LogP contribution in [0.15, 0.2) is 24.3 Å². The number of aryl methyl sites for hydroxylation is 1. The molecule has 2 rings (SSSR count). The quantitative estimate of drug-likeness (QED) is 0.894. The monoisotopic (exact) mass is 282 g/mol. The van der Waals surface area contributed by atoms with Crippen molar-refractivity contribution in [1.29, 1.82) is 0 Å². The van der Waals surface area contributed by atoms with E-state index >= 15 is 0 Å². The van der Waals surface area contributed by atoms with Crippen molar-refractivity contribution in [3.8, 4) is 0 Å². The SMILES string of the molecule is CCc1cccc(NC(=O)C2(C)CCCCN2)c1.Cl. The lowest BCUT2D eigenvalue weighted by atomic mass is 9.90. The van der Waals surface area contributed by atoms with E-state index in [1.165, 1.54) is 5.56 Å². The lowest BCUT2D eigenvalue weighted by Gasteiger charge is -2.33. The van der Waals surface area contributed by atoms with Gasteiger partial charge in [0.25, 0.3) is 0 Å². The molecule has 0 aromatic heterocycles. The van der Waals surface area contributed by atoms with E-state index in [1.54, 1.807) is 0 Å². The molecule has 1 unspecified atom stereocenters. The first-order valence-electron chi connectivity index (χ1n) is 6.79. The first kappa shape index (κ1) is 16.0. The van der Waals surface area contributed by atoms with Crippen LogP contribution in [0.2, 0.25) is 0 Å². The summed E-state index contributed by atoms with van der Waals surface area (Å²) < 4.78 is 0. The summed E-state index contributed by atoms with van der Waals surface area (Å²) in [4.78, 5) is 12.3. The number of hydrogen-bond acceptors (Lipinski definition) is 2. The third-order valence-corrected chi connectivity index (χ3v) is 3.71. The van der Waals surface area contributed by atoms with Gasteiger partial charge < -0.3 is 10.6 Å². The van der Waals surface area contributed by atoms with Crippen molar-refractivity contribution < 1.29 is 4.79 Å². The van der Waals surface area contributed by atoms with Crippen molar-refractivity contribution in [3.05, 3.63) is 29.8 Å². The molecule has 0 aliphatic carbocycles. The molecule has 2 N–H and O–H groups in total. The molecule has 1 fully saturated rings. The summed E-state index contributed by atoms with van der Waals surface area (Å²) in [5.41, 5.74) is 1.73. The normalized spacial score (nSPS) is 22.4. The molecule has 1 heterocycles. The summed E-state index contributed by atoms with van der Waals surface area (Å²) in [6.07, 6.45) is 4.17. The number of benzene rings is 1. The van der Waals surface area contributed by atoms with Crippen LogP contribution >= 0.6 is 12.4 Å². The van der Waals surface area contributed by atoms with E-state index in [-0.39, 0.29) is 18.3 Å². The van der Waals surface area contributed by atoms with Gasteiger partial charge in [-0.05, 0) is 56.8 Å². The minimum Gasteiger partial charge on any atom is -0.324 e. The number of anilines is 1. The second-order valence-electron chi connectivity index (χ2n) is 5.22. The molecule has 1 amide bonds. The highest BCUT2D eigenvalue weighted by Gasteiger charge is 2.34. The van der Waals surface area contributed by atoms with Crippen LogP contribution in [0.25, 0.3) is 0 Å². The van der Waals surface area contributed by atoms with Crippen LogP contribution in [0.3, 0.4) is 0 Å². The average Bonchev–Trinajstić information content (AvgIpc) is 2.40. The number of rotatable bonds is 3. The Bertz CT molecular complexity index is 428. The van der Waals surface area contributed by atoms with Gasteiger partial charge in [-0.2, -0.15) is 0 Å². The van der Waals surface area contributed by atoms with E-state index in [2.05, 4.69) is 23.6 Å². The van der Waals surface area contributed by atoms with Gasteiger partial charge >= 0.3 is 0 Å². The maximum absolute atomic E-state index is 12.3. The lowest BCUT2D eigenvalue weighted by Crippen LogP contribution is -2.54. The van der Waals surface area contributed by atoms with Gasteiger partial charge in [-0.25, -0.2) is 0 Å². The highest BCUT2D eigenvalue weighted by Crippen LogP contribution is 2.21. The van der Waals surface area contributed by atoms with E-state index in [1.807, 2.05) is 25.1 Å². The molecule has 1 atom stereocenters. The molecule has 0 spiro atoms. The fourth-order valence-electron chi connectivity index (χ4n) is 2.39. The Morgan fingerprint density at radius 1 is 1.42 bits per heavy atom. The minimum atomic E-state index is -0.416. The maximum Gasteiger partial charge on any atom is 0.244 e. The summed E-state index contributed by atoms with van der Waals surface area (Å²) in [7, 11) is 0. The Morgan fingerprint density at radius 2 is 2.21 bits per heavy atom. The first-order chi connectivity index (χ1) is 8.64. The fourth-order valence-corrected chi connectivity index (χ4v) is 2.39. The summed E-state index contributed by atoms with van der Waals surface area (Å²) in [5.74, 6) is 0.0791. The molecule has 106 valence electrons. The van der Waals surface area contributed by atoms with Crippen LogP contribution in [0.5, 0.6) is 0 Å². The second kappa shape index (κ2) is 6.92. The third-order valence-electron chi connectivity index (χ3n) is 3.71. The molecule has 0 radical (unpaired) electrons.